The molecule has 5 nitrogen and oxygen atoms in total. The van der Waals surface area contributed by atoms with Crippen molar-refractivity contribution in [3.63, 3.8) is 0 Å². The van der Waals surface area contributed by atoms with Crippen molar-refractivity contribution in [3.05, 3.63) is 89.7 Å². The van der Waals surface area contributed by atoms with E-state index in [9.17, 15) is 14.0 Å². The van der Waals surface area contributed by atoms with Crippen LogP contribution in [0.2, 0.25) is 0 Å². The molecule has 1 saturated heterocycles. The highest BCUT2D eigenvalue weighted by Crippen LogP contribution is 2.45. The first-order valence-electron chi connectivity index (χ1n) is 9.30. The lowest BCUT2D eigenvalue weighted by atomic mass is 10.1. The van der Waals surface area contributed by atoms with Gasteiger partial charge in [0, 0.05) is 11.3 Å². The summed E-state index contributed by atoms with van der Waals surface area (Å²) in [4.78, 5) is 26.8. The zero-order chi connectivity index (χ0) is 21.1. The molecule has 1 heterocycles. The zero-order valence-electron chi connectivity index (χ0n) is 16.2. The SMILES string of the molecule is COc1ccccc1N1C(=O)CSC1c1cccc(NC(=O)c2ccc(F)cc2)c1. The van der Waals surface area contributed by atoms with Crippen LogP contribution in [0.15, 0.2) is 72.8 Å². The normalized spacial score (nSPS) is 15.9. The van der Waals surface area contributed by atoms with E-state index >= 15 is 0 Å². The lowest BCUT2D eigenvalue weighted by Gasteiger charge is -2.26. The molecular formula is C23H19FN2O3S. The molecule has 0 saturated carbocycles. The largest absolute Gasteiger partial charge is 0.495 e. The van der Waals surface area contributed by atoms with Gasteiger partial charge in [0.15, 0.2) is 0 Å². The first-order valence-corrected chi connectivity index (χ1v) is 10.4. The van der Waals surface area contributed by atoms with Gasteiger partial charge in [-0.3, -0.25) is 14.5 Å². The summed E-state index contributed by atoms with van der Waals surface area (Å²) in [6.45, 7) is 0. The Morgan fingerprint density at radius 1 is 1.10 bits per heavy atom. The van der Waals surface area contributed by atoms with Gasteiger partial charge in [0.1, 0.15) is 16.9 Å². The summed E-state index contributed by atoms with van der Waals surface area (Å²) in [5.74, 6) is 0.251. The highest BCUT2D eigenvalue weighted by molar-refractivity contribution is 8.00. The van der Waals surface area contributed by atoms with Crippen LogP contribution >= 0.6 is 11.8 Å². The Labute approximate surface area is 177 Å². The second-order valence-corrected chi connectivity index (χ2v) is 7.75. The second kappa shape index (κ2) is 8.59. The van der Waals surface area contributed by atoms with E-state index in [1.54, 1.807) is 18.1 Å². The molecule has 0 bridgehead atoms. The van der Waals surface area contributed by atoms with Gasteiger partial charge in [0.2, 0.25) is 5.91 Å². The van der Waals surface area contributed by atoms with Crippen molar-refractivity contribution in [1.82, 2.24) is 0 Å². The van der Waals surface area contributed by atoms with E-state index in [0.717, 1.165) is 5.56 Å². The average Bonchev–Trinajstić information content (AvgIpc) is 3.15. The highest BCUT2D eigenvalue weighted by Gasteiger charge is 2.35. The zero-order valence-corrected chi connectivity index (χ0v) is 17.0. The molecule has 3 aromatic rings. The molecule has 7 heteroatoms. The third-order valence-electron chi connectivity index (χ3n) is 4.75. The van der Waals surface area contributed by atoms with E-state index in [4.69, 9.17) is 4.74 Å². The van der Waals surface area contributed by atoms with E-state index in [0.29, 0.717) is 28.4 Å². The molecule has 0 aliphatic carbocycles. The fourth-order valence-electron chi connectivity index (χ4n) is 3.33. The summed E-state index contributed by atoms with van der Waals surface area (Å²) in [7, 11) is 1.58. The Bertz CT molecular complexity index is 1090. The predicted molar refractivity (Wildman–Crippen MR) is 116 cm³/mol. The van der Waals surface area contributed by atoms with Crippen LogP contribution in [0.3, 0.4) is 0 Å². The van der Waals surface area contributed by atoms with E-state index in [2.05, 4.69) is 5.32 Å². The molecule has 4 rings (SSSR count). The fourth-order valence-corrected chi connectivity index (χ4v) is 4.49. The highest BCUT2D eigenvalue weighted by atomic mass is 32.2. The standard InChI is InChI=1S/C23H19FN2O3S/c1-29-20-8-3-2-7-19(20)26-21(27)14-30-23(26)16-5-4-6-18(13-16)25-22(28)15-9-11-17(24)12-10-15/h2-13,23H,14H2,1H3,(H,25,28). The van der Waals surface area contributed by atoms with E-state index in [1.165, 1.54) is 36.0 Å². The molecule has 0 aromatic heterocycles. The third kappa shape index (κ3) is 4.02. The number of anilines is 2. The molecule has 0 radical (unpaired) electrons. The van der Waals surface area contributed by atoms with Gasteiger partial charge in [0.05, 0.1) is 18.6 Å². The molecule has 1 N–H and O–H groups in total. The van der Waals surface area contributed by atoms with Crippen LogP contribution in [-0.2, 0) is 4.79 Å². The van der Waals surface area contributed by atoms with Crippen molar-refractivity contribution in [2.45, 2.75) is 5.37 Å². The number of hydrogen-bond acceptors (Lipinski definition) is 4. The molecule has 1 fully saturated rings. The van der Waals surface area contributed by atoms with Crippen LogP contribution in [0.4, 0.5) is 15.8 Å². The first kappa shape index (κ1) is 20.0. The van der Waals surface area contributed by atoms with Crippen molar-refractivity contribution in [2.75, 3.05) is 23.1 Å². The number of carbonyl (C=O) groups excluding carboxylic acids is 2. The molecule has 1 aliphatic rings. The van der Waals surface area contributed by atoms with E-state index in [-0.39, 0.29) is 17.2 Å². The number of nitrogens with one attached hydrogen (secondary N) is 1. The monoisotopic (exact) mass is 422 g/mol. The lowest BCUT2D eigenvalue weighted by Crippen LogP contribution is -2.28. The van der Waals surface area contributed by atoms with Gasteiger partial charge in [0.25, 0.3) is 5.91 Å². The minimum absolute atomic E-state index is 0.00440. The number of carbonyl (C=O) groups is 2. The maximum absolute atomic E-state index is 13.1. The van der Waals surface area contributed by atoms with Crippen molar-refractivity contribution in [2.24, 2.45) is 0 Å². The number of para-hydroxylation sites is 2. The van der Waals surface area contributed by atoms with Crippen LogP contribution in [0.1, 0.15) is 21.3 Å². The minimum Gasteiger partial charge on any atom is -0.495 e. The third-order valence-corrected chi connectivity index (χ3v) is 5.96. The van der Waals surface area contributed by atoms with Gasteiger partial charge in [-0.25, -0.2) is 4.39 Å². The van der Waals surface area contributed by atoms with Crippen LogP contribution in [0.5, 0.6) is 5.75 Å². The molecular weight excluding hydrogens is 403 g/mol. The fraction of sp³-hybridized carbons (Fsp3) is 0.130. The number of amides is 2. The average molecular weight is 422 g/mol. The number of methoxy groups -OCH3 is 1. The summed E-state index contributed by atoms with van der Waals surface area (Å²) in [6, 6.07) is 20.1. The van der Waals surface area contributed by atoms with Gasteiger partial charge >= 0.3 is 0 Å². The molecule has 1 unspecified atom stereocenters. The maximum atomic E-state index is 13.1. The molecule has 2 amide bonds. The van der Waals surface area contributed by atoms with Crippen molar-refractivity contribution in [3.8, 4) is 5.75 Å². The van der Waals surface area contributed by atoms with E-state index < -0.39 is 5.82 Å². The Hall–Kier alpha value is -3.32. The van der Waals surface area contributed by atoms with Gasteiger partial charge in [-0.2, -0.15) is 0 Å². The summed E-state index contributed by atoms with van der Waals surface area (Å²) in [6.07, 6.45) is 0. The summed E-state index contributed by atoms with van der Waals surface area (Å²) in [5, 5.41) is 2.59. The second-order valence-electron chi connectivity index (χ2n) is 6.69. The first-order chi connectivity index (χ1) is 14.6. The quantitative estimate of drug-likeness (QED) is 0.638. The Morgan fingerprint density at radius 3 is 2.63 bits per heavy atom. The van der Waals surface area contributed by atoms with Gasteiger partial charge in [-0.1, -0.05) is 24.3 Å². The molecule has 3 aromatic carbocycles. The lowest BCUT2D eigenvalue weighted by molar-refractivity contribution is -0.115. The van der Waals surface area contributed by atoms with E-state index in [1.807, 2.05) is 42.5 Å². The number of thioether (sulfide) groups is 1. The van der Waals surface area contributed by atoms with Crippen molar-refractivity contribution in [1.29, 1.82) is 0 Å². The number of rotatable bonds is 5. The Morgan fingerprint density at radius 2 is 1.87 bits per heavy atom. The van der Waals surface area contributed by atoms with Crippen LogP contribution in [0, 0.1) is 5.82 Å². The predicted octanol–water partition coefficient (Wildman–Crippen LogP) is 4.87. The molecule has 1 atom stereocenters. The van der Waals surface area contributed by atoms with Crippen LogP contribution in [-0.4, -0.2) is 24.7 Å². The topological polar surface area (TPSA) is 58.6 Å². The Balaban J connectivity index is 1.60. The molecule has 1 aliphatic heterocycles. The van der Waals surface area contributed by atoms with Gasteiger partial charge in [-0.15, -0.1) is 11.8 Å². The Kier molecular flexibility index (Phi) is 5.72. The van der Waals surface area contributed by atoms with Crippen molar-refractivity contribution >= 4 is 35.0 Å². The van der Waals surface area contributed by atoms with Gasteiger partial charge in [-0.05, 0) is 54.1 Å². The maximum Gasteiger partial charge on any atom is 0.255 e. The summed E-state index contributed by atoms with van der Waals surface area (Å²) >= 11 is 1.52. The minimum atomic E-state index is -0.395. The summed E-state index contributed by atoms with van der Waals surface area (Å²) < 4.78 is 18.5. The number of nitrogens with zero attached hydrogens (tertiary/aromatic N) is 1. The number of halogens is 1. The molecule has 30 heavy (non-hydrogen) atoms. The van der Waals surface area contributed by atoms with Crippen LogP contribution < -0.4 is 15.0 Å². The number of ether oxygens (including phenoxy) is 1. The van der Waals surface area contributed by atoms with Crippen LogP contribution in [0.25, 0.3) is 0 Å². The smallest absolute Gasteiger partial charge is 0.255 e. The molecule has 152 valence electrons. The molecule has 0 spiro atoms. The number of benzene rings is 3. The summed E-state index contributed by atoms with van der Waals surface area (Å²) in [5.41, 5.74) is 2.55. The van der Waals surface area contributed by atoms with Crippen molar-refractivity contribution < 1.29 is 18.7 Å². The number of hydrogen-bond donors (Lipinski definition) is 1. The van der Waals surface area contributed by atoms with Gasteiger partial charge < -0.3 is 10.1 Å².